The van der Waals surface area contributed by atoms with Crippen molar-refractivity contribution >= 4 is 11.6 Å². The van der Waals surface area contributed by atoms with Crippen LogP contribution in [0.15, 0.2) is 6.07 Å². The van der Waals surface area contributed by atoms with E-state index in [4.69, 9.17) is 21.9 Å². The zero-order valence-corrected chi connectivity index (χ0v) is 7.07. The summed E-state index contributed by atoms with van der Waals surface area (Å²) in [5.74, 6) is -3.58. The molecule has 0 aliphatic rings. The predicted molar refractivity (Wildman–Crippen MR) is 41.7 cm³/mol. The lowest BCUT2D eigenvalue weighted by atomic mass is 10.2. The highest BCUT2D eigenvalue weighted by atomic mass is 35.5. The van der Waals surface area contributed by atoms with Crippen molar-refractivity contribution in [3.8, 4) is 5.75 Å². The van der Waals surface area contributed by atoms with E-state index in [0.717, 1.165) is 6.07 Å². The van der Waals surface area contributed by atoms with Gasteiger partial charge in [-0.15, -0.1) is 0 Å². The molecule has 13 heavy (non-hydrogen) atoms. The summed E-state index contributed by atoms with van der Waals surface area (Å²) in [7, 11) is 0. The van der Waals surface area contributed by atoms with Gasteiger partial charge in [0.2, 0.25) is 5.82 Å². The first kappa shape index (κ1) is 10.2. The molecule has 3 nitrogen and oxygen atoms in total. The Morgan fingerprint density at radius 2 is 2.00 bits per heavy atom. The van der Waals surface area contributed by atoms with Gasteiger partial charge in [0.25, 0.3) is 0 Å². The summed E-state index contributed by atoms with van der Waals surface area (Å²) in [6.07, 6.45) is 0. The molecule has 0 aromatic heterocycles. The molecule has 0 unspecified atom stereocenters. The SMILES string of the molecule is ONCc1cc(Cl)c(O)c(F)c1F. The summed E-state index contributed by atoms with van der Waals surface area (Å²) in [5.41, 5.74) is 1.49. The second kappa shape index (κ2) is 3.87. The summed E-state index contributed by atoms with van der Waals surface area (Å²) >= 11 is 5.36. The van der Waals surface area contributed by atoms with Crippen LogP contribution in [0.25, 0.3) is 0 Å². The van der Waals surface area contributed by atoms with E-state index in [1.807, 2.05) is 0 Å². The molecule has 1 aromatic carbocycles. The van der Waals surface area contributed by atoms with Crippen molar-refractivity contribution in [2.24, 2.45) is 0 Å². The standard InChI is InChI=1S/C7H6ClF2NO2/c8-4-1-3(2-11-13)5(9)6(10)7(4)12/h1,11-13H,2H2. The van der Waals surface area contributed by atoms with Crippen LogP contribution in [0.2, 0.25) is 5.02 Å². The Morgan fingerprint density at radius 1 is 1.38 bits per heavy atom. The van der Waals surface area contributed by atoms with E-state index in [1.54, 1.807) is 5.48 Å². The van der Waals surface area contributed by atoms with Gasteiger partial charge in [0.15, 0.2) is 11.6 Å². The number of phenolic OH excluding ortho intramolecular Hbond substituents is 1. The number of nitrogens with one attached hydrogen (secondary N) is 1. The molecule has 0 bridgehead atoms. The molecule has 0 aliphatic heterocycles. The van der Waals surface area contributed by atoms with Crippen LogP contribution in [0.4, 0.5) is 8.78 Å². The Morgan fingerprint density at radius 3 is 2.54 bits per heavy atom. The lowest BCUT2D eigenvalue weighted by Crippen LogP contribution is -2.09. The van der Waals surface area contributed by atoms with Crippen molar-refractivity contribution in [2.45, 2.75) is 6.54 Å². The maximum Gasteiger partial charge on any atom is 0.202 e. The smallest absolute Gasteiger partial charge is 0.202 e. The average molecular weight is 210 g/mol. The highest BCUT2D eigenvalue weighted by Gasteiger charge is 2.16. The molecule has 3 N–H and O–H groups in total. The zero-order valence-electron chi connectivity index (χ0n) is 6.31. The molecule has 0 fully saturated rings. The second-order valence-electron chi connectivity index (χ2n) is 2.33. The molecule has 0 heterocycles. The van der Waals surface area contributed by atoms with Crippen LogP contribution in [-0.4, -0.2) is 10.3 Å². The molecule has 0 saturated carbocycles. The van der Waals surface area contributed by atoms with Gasteiger partial charge in [0.05, 0.1) is 5.02 Å². The van der Waals surface area contributed by atoms with E-state index >= 15 is 0 Å². The molecule has 0 spiro atoms. The summed E-state index contributed by atoms with van der Waals surface area (Å²) in [5, 5.41) is 16.8. The van der Waals surface area contributed by atoms with E-state index in [9.17, 15) is 8.78 Å². The maximum absolute atomic E-state index is 12.9. The fourth-order valence-electron chi connectivity index (χ4n) is 0.848. The quantitative estimate of drug-likeness (QED) is 0.514. The Hall–Kier alpha value is -0.910. The van der Waals surface area contributed by atoms with Crippen LogP contribution in [0.5, 0.6) is 5.75 Å². The van der Waals surface area contributed by atoms with Crippen molar-refractivity contribution in [1.29, 1.82) is 0 Å². The van der Waals surface area contributed by atoms with E-state index < -0.39 is 17.4 Å². The summed E-state index contributed by atoms with van der Waals surface area (Å²) in [6.45, 7) is -0.289. The highest BCUT2D eigenvalue weighted by molar-refractivity contribution is 6.32. The third-order valence-electron chi connectivity index (χ3n) is 1.48. The van der Waals surface area contributed by atoms with Gasteiger partial charge in [0, 0.05) is 12.1 Å². The van der Waals surface area contributed by atoms with E-state index in [0.29, 0.717) is 0 Å². The van der Waals surface area contributed by atoms with Gasteiger partial charge in [-0.25, -0.2) is 9.87 Å². The fourth-order valence-corrected chi connectivity index (χ4v) is 1.06. The molecule has 72 valence electrons. The van der Waals surface area contributed by atoms with Gasteiger partial charge in [0.1, 0.15) is 0 Å². The average Bonchev–Trinajstić information content (AvgIpc) is 2.11. The van der Waals surface area contributed by atoms with Gasteiger partial charge < -0.3 is 10.3 Å². The largest absolute Gasteiger partial charge is 0.504 e. The van der Waals surface area contributed by atoms with Crippen LogP contribution in [0.1, 0.15) is 5.56 Å². The fraction of sp³-hybridized carbons (Fsp3) is 0.143. The number of hydroxylamine groups is 1. The van der Waals surface area contributed by atoms with Crippen molar-refractivity contribution < 1.29 is 19.1 Å². The van der Waals surface area contributed by atoms with Crippen LogP contribution in [0.3, 0.4) is 0 Å². The Labute approximate surface area is 77.5 Å². The number of halogens is 3. The van der Waals surface area contributed by atoms with Crippen molar-refractivity contribution in [2.75, 3.05) is 0 Å². The van der Waals surface area contributed by atoms with Gasteiger partial charge in [-0.3, -0.25) is 0 Å². The Balaban J connectivity index is 3.24. The first-order valence-electron chi connectivity index (χ1n) is 3.30. The molecule has 1 aromatic rings. The summed E-state index contributed by atoms with van der Waals surface area (Å²) in [4.78, 5) is 0. The number of benzene rings is 1. The van der Waals surface area contributed by atoms with Crippen molar-refractivity contribution in [1.82, 2.24) is 5.48 Å². The highest BCUT2D eigenvalue weighted by Crippen LogP contribution is 2.30. The topological polar surface area (TPSA) is 52.5 Å². The molecule has 0 atom stereocenters. The third-order valence-corrected chi connectivity index (χ3v) is 1.77. The lowest BCUT2D eigenvalue weighted by Gasteiger charge is -2.05. The second-order valence-corrected chi connectivity index (χ2v) is 2.74. The van der Waals surface area contributed by atoms with Crippen LogP contribution < -0.4 is 5.48 Å². The number of hydrogen-bond acceptors (Lipinski definition) is 3. The van der Waals surface area contributed by atoms with E-state index in [1.165, 1.54) is 0 Å². The Bertz CT molecular complexity index is 333. The summed E-state index contributed by atoms with van der Waals surface area (Å²) < 4.78 is 25.6. The minimum absolute atomic E-state index is 0.164. The predicted octanol–water partition coefficient (Wildman–Crippen LogP) is 1.80. The zero-order chi connectivity index (χ0) is 10.0. The first-order valence-corrected chi connectivity index (χ1v) is 3.68. The number of phenols is 1. The van der Waals surface area contributed by atoms with Crippen LogP contribution in [0, 0.1) is 11.6 Å². The van der Waals surface area contributed by atoms with E-state index in [2.05, 4.69) is 0 Å². The minimum Gasteiger partial charge on any atom is -0.504 e. The van der Waals surface area contributed by atoms with Gasteiger partial charge >= 0.3 is 0 Å². The minimum atomic E-state index is -1.42. The molecule has 0 amide bonds. The van der Waals surface area contributed by atoms with E-state index in [-0.39, 0.29) is 17.1 Å². The third kappa shape index (κ3) is 1.88. The molecule has 6 heteroatoms. The Kier molecular flexibility index (Phi) is 3.02. The maximum atomic E-state index is 12.9. The van der Waals surface area contributed by atoms with Crippen LogP contribution >= 0.6 is 11.6 Å². The van der Waals surface area contributed by atoms with Gasteiger partial charge in [-0.05, 0) is 6.07 Å². The summed E-state index contributed by atoms with van der Waals surface area (Å²) in [6, 6.07) is 1.03. The normalized spacial score (nSPS) is 10.5. The van der Waals surface area contributed by atoms with Crippen molar-refractivity contribution in [3.05, 3.63) is 28.3 Å². The number of aromatic hydroxyl groups is 1. The molecular weight excluding hydrogens is 204 g/mol. The molecule has 1 rings (SSSR count). The molecule has 0 aliphatic carbocycles. The number of hydrogen-bond donors (Lipinski definition) is 3. The number of rotatable bonds is 2. The molecule has 0 radical (unpaired) electrons. The van der Waals surface area contributed by atoms with Crippen LogP contribution in [-0.2, 0) is 6.54 Å². The van der Waals surface area contributed by atoms with Gasteiger partial charge in [-0.2, -0.15) is 4.39 Å². The van der Waals surface area contributed by atoms with Crippen molar-refractivity contribution in [3.63, 3.8) is 0 Å². The first-order chi connectivity index (χ1) is 6.07. The lowest BCUT2D eigenvalue weighted by molar-refractivity contribution is 0.159. The monoisotopic (exact) mass is 209 g/mol. The molecular formula is C7H6ClF2NO2. The molecule has 0 saturated heterocycles. The van der Waals surface area contributed by atoms with Gasteiger partial charge in [-0.1, -0.05) is 11.6 Å².